The molecule has 2 amide bonds. The number of carbonyl (C=O) groups is 2. The quantitative estimate of drug-likeness (QED) is 0.815. The molecule has 1 aliphatic carbocycles. The number of nitrogens with one attached hydrogen (secondary N) is 1. The minimum absolute atomic E-state index is 0.0837. The van der Waals surface area contributed by atoms with Gasteiger partial charge in [-0.05, 0) is 43.2 Å². The molecule has 0 saturated heterocycles. The summed E-state index contributed by atoms with van der Waals surface area (Å²) in [5.74, 6) is -0.324. The topological polar surface area (TPSA) is 80.1 Å². The third-order valence-corrected chi connectivity index (χ3v) is 3.76. The Morgan fingerprint density at radius 3 is 2.62 bits per heavy atom. The molecule has 0 radical (unpaired) electrons. The van der Waals surface area contributed by atoms with E-state index < -0.39 is 0 Å². The van der Waals surface area contributed by atoms with Gasteiger partial charge >= 0.3 is 0 Å². The zero-order valence-corrected chi connectivity index (χ0v) is 13.5. The van der Waals surface area contributed by atoms with Crippen molar-refractivity contribution in [3.8, 4) is 0 Å². The van der Waals surface area contributed by atoms with Gasteiger partial charge in [-0.3, -0.25) is 14.3 Å². The van der Waals surface area contributed by atoms with E-state index in [1.807, 2.05) is 0 Å². The molecule has 3 rings (SSSR count). The van der Waals surface area contributed by atoms with E-state index in [1.54, 1.807) is 47.1 Å². The molecule has 1 aromatic carbocycles. The number of benzene rings is 1. The van der Waals surface area contributed by atoms with Crippen LogP contribution in [0.3, 0.4) is 0 Å². The molecule has 24 heavy (non-hydrogen) atoms. The monoisotopic (exact) mass is 325 g/mol. The van der Waals surface area contributed by atoms with Crippen LogP contribution in [0, 0.1) is 0 Å². The number of hydrogen-bond donors (Lipinski definition) is 1. The van der Waals surface area contributed by atoms with E-state index in [1.165, 1.54) is 6.08 Å². The summed E-state index contributed by atoms with van der Waals surface area (Å²) in [6.45, 7) is 3.83. The Labute approximate surface area is 140 Å². The molecular weight excluding hydrogens is 306 g/mol. The summed E-state index contributed by atoms with van der Waals surface area (Å²) < 4.78 is 1.58. The van der Waals surface area contributed by atoms with Crippen molar-refractivity contribution in [2.24, 2.45) is 7.05 Å². The van der Waals surface area contributed by atoms with Crippen LogP contribution < -0.4 is 10.2 Å². The van der Waals surface area contributed by atoms with Crippen molar-refractivity contribution < 1.29 is 9.59 Å². The minimum atomic E-state index is -0.240. The molecule has 0 spiro atoms. The fraction of sp³-hybridized carbons (Fsp3) is 0.294. The molecule has 7 heteroatoms. The van der Waals surface area contributed by atoms with Crippen LogP contribution in [0.2, 0.25) is 0 Å². The number of nitrogens with zero attached hydrogens (tertiary/aromatic N) is 4. The summed E-state index contributed by atoms with van der Waals surface area (Å²) in [4.78, 5) is 25.7. The largest absolute Gasteiger partial charge is 0.349 e. The predicted octanol–water partition coefficient (Wildman–Crippen LogP) is 1.43. The second-order valence-corrected chi connectivity index (χ2v) is 5.81. The summed E-state index contributed by atoms with van der Waals surface area (Å²) >= 11 is 0. The lowest BCUT2D eigenvalue weighted by Gasteiger charge is -2.20. The Bertz CT molecular complexity index is 762. The van der Waals surface area contributed by atoms with E-state index in [-0.39, 0.29) is 18.4 Å². The van der Waals surface area contributed by atoms with Crippen molar-refractivity contribution in [1.29, 1.82) is 0 Å². The molecule has 124 valence electrons. The average Bonchev–Trinajstić information content (AvgIpc) is 3.31. The van der Waals surface area contributed by atoms with Crippen LogP contribution in [0.5, 0.6) is 0 Å². The summed E-state index contributed by atoms with van der Waals surface area (Å²) in [5, 5.41) is 10.8. The highest BCUT2D eigenvalue weighted by atomic mass is 16.2. The highest BCUT2D eigenvalue weighted by Crippen LogP contribution is 2.21. The highest BCUT2D eigenvalue weighted by molar-refractivity contribution is 6.01. The molecule has 1 saturated carbocycles. The first-order valence-electron chi connectivity index (χ1n) is 7.77. The van der Waals surface area contributed by atoms with Crippen molar-refractivity contribution in [1.82, 2.24) is 20.3 Å². The maximum Gasteiger partial charge on any atom is 0.251 e. The van der Waals surface area contributed by atoms with Crippen LogP contribution in [-0.4, -0.2) is 32.9 Å². The van der Waals surface area contributed by atoms with Crippen LogP contribution in [-0.2, 0) is 18.4 Å². The highest BCUT2D eigenvalue weighted by Gasteiger charge is 2.24. The number of aromatic nitrogens is 3. The fourth-order valence-corrected chi connectivity index (χ4v) is 2.33. The molecule has 1 aliphatic rings. The number of aryl methyl sites for hydroxylation is 1. The standard InChI is InChI=1S/C17H19N5O2/c1-3-16(23)22(11-14-10-21(2)20-19-14)15-8-4-12(5-9-15)17(24)18-13-6-7-13/h3-5,8-10,13H,1,6-7,11H2,2H3,(H,18,24). The molecule has 2 aromatic rings. The van der Waals surface area contributed by atoms with Crippen molar-refractivity contribution in [3.63, 3.8) is 0 Å². The first-order valence-corrected chi connectivity index (χ1v) is 7.77. The molecule has 0 unspecified atom stereocenters. The van der Waals surface area contributed by atoms with Gasteiger partial charge < -0.3 is 10.2 Å². The Hall–Kier alpha value is -2.96. The number of amides is 2. The number of carbonyl (C=O) groups excluding carboxylic acids is 2. The molecule has 7 nitrogen and oxygen atoms in total. The minimum Gasteiger partial charge on any atom is -0.349 e. The Kier molecular flexibility index (Phi) is 4.41. The Morgan fingerprint density at radius 1 is 1.38 bits per heavy atom. The van der Waals surface area contributed by atoms with Gasteiger partial charge in [0.05, 0.1) is 6.54 Å². The molecule has 0 aliphatic heterocycles. The van der Waals surface area contributed by atoms with Crippen molar-refractivity contribution in [2.45, 2.75) is 25.4 Å². The van der Waals surface area contributed by atoms with Crippen LogP contribution in [0.25, 0.3) is 0 Å². The molecule has 1 fully saturated rings. The predicted molar refractivity (Wildman–Crippen MR) is 89.3 cm³/mol. The molecule has 1 aromatic heterocycles. The van der Waals surface area contributed by atoms with Crippen LogP contribution >= 0.6 is 0 Å². The van der Waals surface area contributed by atoms with Gasteiger partial charge in [0, 0.05) is 30.5 Å². The lowest BCUT2D eigenvalue weighted by molar-refractivity contribution is -0.114. The third kappa shape index (κ3) is 3.68. The van der Waals surface area contributed by atoms with E-state index in [0.29, 0.717) is 23.0 Å². The zero-order valence-electron chi connectivity index (χ0n) is 13.5. The van der Waals surface area contributed by atoms with Gasteiger partial charge in [0.2, 0.25) is 0 Å². The molecule has 0 atom stereocenters. The van der Waals surface area contributed by atoms with Crippen LogP contribution in [0.4, 0.5) is 5.69 Å². The normalized spacial score (nSPS) is 13.4. The summed E-state index contributed by atoms with van der Waals surface area (Å²) in [7, 11) is 1.77. The average molecular weight is 325 g/mol. The lowest BCUT2D eigenvalue weighted by Crippen LogP contribution is -2.29. The second-order valence-electron chi connectivity index (χ2n) is 5.81. The van der Waals surface area contributed by atoms with E-state index in [0.717, 1.165) is 12.8 Å². The Morgan fingerprint density at radius 2 is 2.08 bits per heavy atom. The van der Waals surface area contributed by atoms with E-state index in [4.69, 9.17) is 0 Å². The zero-order chi connectivity index (χ0) is 17.1. The van der Waals surface area contributed by atoms with Gasteiger partial charge in [-0.15, -0.1) is 5.10 Å². The van der Waals surface area contributed by atoms with Gasteiger partial charge in [-0.1, -0.05) is 11.8 Å². The maximum atomic E-state index is 12.2. The molecular formula is C17H19N5O2. The van der Waals surface area contributed by atoms with Crippen molar-refractivity contribution in [3.05, 3.63) is 54.4 Å². The Balaban J connectivity index is 1.77. The van der Waals surface area contributed by atoms with Gasteiger partial charge in [0.15, 0.2) is 0 Å². The van der Waals surface area contributed by atoms with Gasteiger partial charge in [0.1, 0.15) is 5.69 Å². The molecule has 1 heterocycles. The lowest BCUT2D eigenvalue weighted by atomic mass is 10.1. The fourth-order valence-electron chi connectivity index (χ4n) is 2.33. The maximum absolute atomic E-state index is 12.2. The second kappa shape index (κ2) is 6.66. The SMILES string of the molecule is C=CC(=O)N(Cc1cn(C)nn1)c1ccc(C(=O)NC2CC2)cc1. The van der Waals surface area contributed by atoms with Gasteiger partial charge in [-0.25, -0.2) is 0 Å². The number of rotatable bonds is 6. The number of hydrogen-bond acceptors (Lipinski definition) is 4. The smallest absolute Gasteiger partial charge is 0.251 e. The first kappa shape index (κ1) is 15.9. The van der Waals surface area contributed by atoms with E-state index in [2.05, 4.69) is 22.2 Å². The van der Waals surface area contributed by atoms with Crippen molar-refractivity contribution in [2.75, 3.05) is 4.90 Å². The summed E-state index contributed by atoms with van der Waals surface area (Å²) in [5.41, 5.74) is 1.92. The summed E-state index contributed by atoms with van der Waals surface area (Å²) in [6.07, 6.45) is 5.10. The first-order chi connectivity index (χ1) is 11.6. The summed E-state index contributed by atoms with van der Waals surface area (Å²) in [6, 6.07) is 7.24. The van der Waals surface area contributed by atoms with E-state index in [9.17, 15) is 9.59 Å². The van der Waals surface area contributed by atoms with Crippen LogP contribution in [0.15, 0.2) is 43.1 Å². The van der Waals surface area contributed by atoms with Gasteiger partial charge in [0.25, 0.3) is 11.8 Å². The van der Waals surface area contributed by atoms with Crippen LogP contribution in [0.1, 0.15) is 28.9 Å². The van der Waals surface area contributed by atoms with E-state index >= 15 is 0 Å². The molecule has 0 bridgehead atoms. The van der Waals surface area contributed by atoms with Gasteiger partial charge in [-0.2, -0.15) is 0 Å². The third-order valence-electron chi connectivity index (χ3n) is 3.76. The van der Waals surface area contributed by atoms with Crippen molar-refractivity contribution >= 4 is 17.5 Å². The number of anilines is 1. The molecule has 1 N–H and O–H groups in total.